The average Bonchev–Trinajstić information content (AvgIpc) is 3.22. The molecule has 3 heterocycles. The second-order valence-electron chi connectivity index (χ2n) is 10.2. The predicted molar refractivity (Wildman–Crippen MR) is 132 cm³/mol. The SMILES string of the molecule is COc1c2c(c3n(c1=O)C1(CCC4C#CC41)N(CC(C)O)C3=O)CCN(Cc1ccc(F)c(Cl)c1)C2=O. The van der Waals surface area contributed by atoms with Gasteiger partial charge in [0.05, 0.1) is 29.7 Å². The number of benzene rings is 1. The van der Waals surface area contributed by atoms with Crippen LogP contribution in [0.4, 0.5) is 4.39 Å². The first-order chi connectivity index (χ1) is 17.7. The van der Waals surface area contributed by atoms with Gasteiger partial charge in [-0.05, 0) is 43.9 Å². The highest BCUT2D eigenvalue weighted by atomic mass is 35.5. The van der Waals surface area contributed by atoms with Crippen molar-refractivity contribution in [2.45, 2.75) is 44.5 Å². The molecule has 4 unspecified atom stereocenters. The second-order valence-corrected chi connectivity index (χ2v) is 10.6. The number of rotatable bonds is 5. The minimum absolute atomic E-state index is 0.0425. The molecule has 1 fully saturated rings. The Bertz CT molecular complexity index is 1490. The van der Waals surface area contributed by atoms with Gasteiger partial charge < -0.3 is 19.6 Å². The number of nitrogens with zero attached hydrogens (tertiary/aromatic N) is 3. The predicted octanol–water partition coefficient (Wildman–Crippen LogP) is 2.38. The molecule has 10 heteroatoms. The smallest absolute Gasteiger partial charge is 0.296 e. The van der Waals surface area contributed by atoms with Crippen LogP contribution < -0.4 is 10.3 Å². The summed E-state index contributed by atoms with van der Waals surface area (Å²) in [7, 11) is 1.34. The van der Waals surface area contributed by atoms with Crippen molar-refractivity contribution in [2.24, 2.45) is 11.8 Å². The molecule has 2 amide bonds. The Labute approximate surface area is 217 Å². The summed E-state index contributed by atoms with van der Waals surface area (Å²) in [5, 5.41) is 10.2. The molecule has 0 radical (unpaired) electrons. The maximum atomic E-state index is 14.0. The van der Waals surface area contributed by atoms with E-state index in [1.807, 2.05) is 0 Å². The van der Waals surface area contributed by atoms with Gasteiger partial charge in [-0.15, -0.1) is 0 Å². The number of aliphatic hydroxyl groups is 1. The van der Waals surface area contributed by atoms with Gasteiger partial charge in [0, 0.05) is 31.1 Å². The largest absolute Gasteiger partial charge is 0.490 e. The quantitative estimate of drug-likeness (QED) is 0.605. The Morgan fingerprint density at radius 2 is 2.05 bits per heavy atom. The van der Waals surface area contributed by atoms with Gasteiger partial charge in [-0.3, -0.25) is 19.0 Å². The number of pyridine rings is 1. The van der Waals surface area contributed by atoms with Crippen molar-refractivity contribution in [2.75, 3.05) is 20.2 Å². The van der Waals surface area contributed by atoms with Gasteiger partial charge >= 0.3 is 0 Å². The molecule has 0 saturated heterocycles. The van der Waals surface area contributed by atoms with Crippen LogP contribution in [0.25, 0.3) is 0 Å². The van der Waals surface area contributed by atoms with Gasteiger partial charge in [-0.1, -0.05) is 29.5 Å². The van der Waals surface area contributed by atoms with Crippen LogP contribution >= 0.6 is 11.6 Å². The zero-order chi connectivity index (χ0) is 26.2. The van der Waals surface area contributed by atoms with Crippen molar-refractivity contribution in [1.29, 1.82) is 0 Å². The Morgan fingerprint density at radius 1 is 1.27 bits per heavy atom. The number of aliphatic hydroxyl groups excluding tert-OH is 1. The van der Waals surface area contributed by atoms with Crippen molar-refractivity contribution in [3.63, 3.8) is 0 Å². The zero-order valence-corrected chi connectivity index (χ0v) is 21.1. The van der Waals surface area contributed by atoms with E-state index in [9.17, 15) is 23.9 Å². The fourth-order valence-corrected chi connectivity index (χ4v) is 6.64. The monoisotopic (exact) mass is 525 g/mol. The van der Waals surface area contributed by atoms with Gasteiger partial charge in [0.25, 0.3) is 17.4 Å². The number of carbonyl (C=O) groups excluding carboxylic acids is 2. The number of methoxy groups -OCH3 is 1. The number of amides is 2. The maximum Gasteiger partial charge on any atom is 0.296 e. The molecule has 1 saturated carbocycles. The summed E-state index contributed by atoms with van der Waals surface area (Å²) in [6, 6.07) is 4.26. The Morgan fingerprint density at radius 3 is 2.68 bits per heavy atom. The summed E-state index contributed by atoms with van der Waals surface area (Å²) < 4.78 is 20.7. The van der Waals surface area contributed by atoms with Gasteiger partial charge in [0.2, 0.25) is 0 Å². The van der Waals surface area contributed by atoms with Crippen molar-refractivity contribution >= 4 is 23.4 Å². The highest BCUT2D eigenvalue weighted by molar-refractivity contribution is 6.30. The number of aromatic nitrogens is 1. The molecule has 0 bridgehead atoms. The summed E-state index contributed by atoms with van der Waals surface area (Å²) in [5.74, 6) is 4.68. The molecular formula is C27H25ClFN3O5. The van der Waals surface area contributed by atoms with E-state index in [4.69, 9.17) is 16.3 Å². The average molecular weight is 526 g/mol. The molecule has 8 nitrogen and oxygen atoms in total. The van der Waals surface area contributed by atoms with E-state index in [1.165, 1.54) is 28.7 Å². The number of carbonyl (C=O) groups is 2. The first kappa shape index (κ1) is 24.0. The number of halogens is 2. The Kier molecular flexibility index (Phi) is 5.41. The van der Waals surface area contributed by atoms with Crippen molar-refractivity contribution in [3.05, 3.63) is 61.8 Å². The van der Waals surface area contributed by atoms with E-state index >= 15 is 0 Å². The number of hydrogen-bond acceptors (Lipinski definition) is 5. The molecule has 4 aliphatic rings. The van der Waals surface area contributed by atoms with Crippen LogP contribution in [0.15, 0.2) is 23.0 Å². The molecule has 1 spiro atoms. The standard InChI is InChI=1S/C27H25ClFN3O5/c1-14(33)12-31-25(35)22-17-8-10-30(13-15-3-6-20(29)19(28)11-15)24(34)21(17)23(37-2)26(36)32(22)27(31)9-7-16-4-5-18(16)27/h3,6,11,14,16,18,33H,7-10,12-13H2,1-2H3. The van der Waals surface area contributed by atoms with Crippen molar-refractivity contribution < 1.29 is 23.8 Å². The summed E-state index contributed by atoms with van der Waals surface area (Å²) in [5.41, 5.74) is -0.179. The Hall–Kier alpha value is -3.35. The van der Waals surface area contributed by atoms with Crippen LogP contribution in [0.5, 0.6) is 5.75 Å². The lowest BCUT2D eigenvalue weighted by Gasteiger charge is -2.42. The third kappa shape index (κ3) is 3.22. The molecule has 37 heavy (non-hydrogen) atoms. The van der Waals surface area contributed by atoms with Crippen molar-refractivity contribution in [1.82, 2.24) is 14.4 Å². The van der Waals surface area contributed by atoms with Gasteiger partial charge in [-0.2, -0.15) is 0 Å². The minimum atomic E-state index is -1.01. The lowest BCUT2D eigenvalue weighted by molar-refractivity contribution is -0.000623. The molecule has 2 aliphatic carbocycles. The summed E-state index contributed by atoms with van der Waals surface area (Å²) in [6.07, 6.45) is 0.766. The van der Waals surface area contributed by atoms with Crippen LogP contribution in [-0.4, -0.2) is 57.6 Å². The summed E-state index contributed by atoms with van der Waals surface area (Å²) in [6.45, 7) is 2.10. The second kappa shape index (κ2) is 8.33. The van der Waals surface area contributed by atoms with E-state index in [-0.39, 0.29) is 59.4 Å². The van der Waals surface area contributed by atoms with Gasteiger partial charge in [0.1, 0.15) is 17.2 Å². The van der Waals surface area contributed by atoms with Crippen molar-refractivity contribution in [3.8, 4) is 17.6 Å². The van der Waals surface area contributed by atoms with Crippen LogP contribution in [-0.2, 0) is 18.6 Å². The number of fused-ring (bicyclic) bond motifs is 6. The van der Waals surface area contributed by atoms with Crippen LogP contribution in [0.3, 0.4) is 0 Å². The molecule has 2 aromatic rings. The summed E-state index contributed by atoms with van der Waals surface area (Å²) in [4.78, 5) is 44.8. The lowest BCUT2D eigenvalue weighted by Crippen LogP contribution is -2.55. The molecule has 1 aromatic carbocycles. The number of β-amino-alcohol motifs (C(OH)–C–C–N with tert-alkyl or cyclic N) is 1. The van der Waals surface area contributed by atoms with Crippen LogP contribution in [0, 0.1) is 29.5 Å². The maximum absolute atomic E-state index is 14.0. The van der Waals surface area contributed by atoms with E-state index in [1.54, 1.807) is 17.9 Å². The molecular weight excluding hydrogens is 501 g/mol. The molecule has 1 N–H and O–H groups in total. The fourth-order valence-electron chi connectivity index (χ4n) is 6.44. The lowest BCUT2D eigenvalue weighted by atomic mass is 9.82. The number of hydrogen-bond donors (Lipinski definition) is 1. The summed E-state index contributed by atoms with van der Waals surface area (Å²) >= 11 is 5.92. The van der Waals surface area contributed by atoms with E-state index < -0.39 is 29.1 Å². The first-order valence-electron chi connectivity index (χ1n) is 12.3. The molecule has 1 aromatic heterocycles. The molecule has 4 atom stereocenters. The fraction of sp³-hybridized carbons (Fsp3) is 0.444. The minimum Gasteiger partial charge on any atom is -0.490 e. The highest BCUT2D eigenvalue weighted by Gasteiger charge is 2.62. The van der Waals surface area contributed by atoms with E-state index in [0.717, 1.165) is 6.42 Å². The zero-order valence-electron chi connectivity index (χ0n) is 20.4. The number of ether oxygens (including phenoxy) is 1. The first-order valence-corrected chi connectivity index (χ1v) is 12.7. The molecule has 2 aliphatic heterocycles. The van der Waals surface area contributed by atoms with E-state index in [0.29, 0.717) is 24.0 Å². The topological polar surface area (TPSA) is 92.1 Å². The van der Waals surface area contributed by atoms with Gasteiger partial charge in [0.15, 0.2) is 5.75 Å². The third-order valence-corrected chi connectivity index (χ3v) is 8.32. The normalized spacial score (nSPS) is 25.9. The third-order valence-electron chi connectivity index (χ3n) is 8.03. The van der Waals surface area contributed by atoms with Crippen LogP contribution in [0.2, 0.25) is 5.02 Å². The highest BCUT2D eigenvalue weighted by Crippen LogP contribution is 2.54. The molecule has 192 valence electrons. The van der Waals surface area contributed by atoms with Gasteiger partial charge in [-0.25, -0.2) is 4.39 Å². The molecule has 6 rings (SSSR count). The van der Waals surface area contributed by atoms with Crippen LogP contribution in [0.1, 0.15) is 51.7 Å². The van der Waals surface area contributed by atoms with E-state index in [2.05, 4.69) is 11.8 Å². The Balaban J connectivity index is 1.49.